The summed E-state index contributed by atoms with van der Waals surface area (Å²) >= 11 is 0. The molecule has 0 aromatic heterocycles. The van der Waals surface area contributed by atoms with Gasteiger partial charge in [0.15, 0.2) is 17.5 Å². The first-order valence-electron chi connectivity index (χ1n) is 24.7. The first kappa shape index (κ1) is 46.4. The maximum absolute atomic E-state index is 13.1. The van der Waals surface area contributed by atoms with Crippen LogP contribution in [0.3, 0.4) is 0 Å². The van der Waals surface area contributed by atoms with E-state index < -0.39 is 47.6 Å². The molecule has 1 aromatic rings. The average Bonchev–Trinajstić information content (AvgIpc) is 3.69. The Morgan fingerprint density at radius 2 is 1.94 bits per heavy atom. The standard InChI is InChI=1S/C52H69N5O7S2/c1-32(59)63-44-22-39(60)12-16-52-15-11-35-18-33-8-10-41(27-54-30-50(24-33)26-40(13-17-55-50)64-45-21-36(19-42(35)44)37(28-58)20-43(45)61)66-65-31-51(57-48(53)56-46(52)5-2-6-47(52)62)25-34-7-9-38-4-3-14-49(38,23-34)29-51/h2,5,7,9,20-21,33-35,38-42,44,46-47,54-55,58,60-62H,3-4,6,12-14,16-19,22-31H2,1H3,(H3,53,56,57)/t33-,34+,35+,38+,39-,40+,41-,42-,44-,46+,47-,49-,50-,51-,52-/m0/s1. The van der Waals surface area contributed by atoms with Gasteiger partial charge in [0.05, 0.1) is 41.1 Å². The molecule has 2 saturated carbocycles. The fourth-order valence-corrected chi connectivity index (χ4v) is 16.8. The van der Waals surface area contributed by atoms with Gasteiger partial charge >= 0.3 is 5.97 Å². The van der Waals surface area contributed by atoms with Crippen LogP contribution in [0.25, 0.3) is 0 Å². The van der Waals surface area contributed by atoms with Crippen LogP contribution in [0.5, 0.6) is 11.5 Å². The number of ether oxygens (including phenoxy) is 2. The molecule has 15 atom stereocenters. The minimum absolute atomic E-state index is 0.00791. The van der Waals surface area contributed by atoms with E-state index in [0.717, 1.165) is 37.1 Å². The van der Waals surface area contributed by atoms with Crippen molar-refractivity contribution in [3.05, 3.63) is 47.6 Å². The van der Waals surface area contributed by atoms with E-state index in [1.165, 1.54) is 32.6 Å². The van der Waals surface area contributed by atoms with Gasteiger partial charge in [0, 0.05) is 61.9 Å². The highest BCUT2D eigenvalue weighted by molar-refractivity contribution is 8.77. The number of carbonyl (C=O) groups excluding carboxylic acids is 1. The van der Waals surface area contributed by atoms with Crippen molar-refractivity contribution in [1.29, 1.82) is 0 Å². The summed E-state index contributed by atoms with van der Waals surface area (Å²) in [4.78, 5) is 18.4. The predicted molar refractivity (Wildman–Crippen MR) is 259 cm³/mol. The molecule has 10 bridgehead atoms. The van der Waals surface area contributed by atoms with Crippen LogP contribution in [0.4, 0.5) is 0 Å². The Kier molecular flexibility index (Phi) is 13.3. The Balaban J connectivity index is 1.15. The lowest BCUT2D eigenvalue weighted by Gasteiger charge is -2.53. The van der Waals surface area contributed by atoms with Crippen molar-refractivity contribution < 1.29 is 34.7 Å². The number of benzene rings is 1. The number of guanidine groups is 1. The fraction of sp³-hybridized carbons (Fsp3) is 0.692. The van der Waals surface area contributed by atoms with Crippen LogP contribution in [0.1, 0.15) is 108 Å². The van der Waals surface area contributed by atoms with Crippen LogP contribution in [-0.2, 0) is 22.6 Å². The Labute approximate surface area is 398 Å². The topological polar surface area (TPSA) is 191 Å². The average molecular weight is 940 g/mol. The number of fused-ring (bicyclic) bond motifs is 5. The Hall–Kier alpha value is -3.34. The van der Waals surface area contributed by atoms with Gasteiger partial charge < -0.3 is 51.6 Å². The van der Waals surface area contributed by atoms with E-state index in [4.69, 9.17) is 20.2 Å². The monoisotopic (exact) mass is 939 g/mol. The molecule has 1 aromatic carbocycles. The molecule has 5 aliphatic carbocycles. The number of phenolic OH excluding ortho intramolecular Hbond substituents is 1. The SMILES string of the molecule is CC(=O)O[C@H]1C[C@@H](O)CC[C@@]23C#C[C@@H]4C[C@@H]5C#C[C@@H](CNC[C@]6(C5)C[C@@H](CCN6)Oc5cc(c(CO)cc5O)C[C@@H]41)SSC[C@@]1(C[C@@H]4C=C[C@H]5CCC[C@]5(C4)C1)NC(N)=N[C@@H]2C=CC[C@@H]3O. The molecule has 66 heavy (non-hydrogen) atoms. The second-order valence-corrected chi connectivity index (χ2v) is 24.2. The number of piperidine rings is 1. The Morgan fingerprint density at radius 3 is 2.80 bits per heavy atom. The van der Waals surface area contributed by atoms with Gasteiger partial charge in [-0.25, -0.2) is 4.99 Å². The number of allylic oxidation sites excluding steroid dienone is 2. The Bertz CT molecular complexity index is 2240. The molecule has 14 heteroatoms. The lowest BCUT2D eigenvalue weighted by molar-refractivity contribution is -0.152. The molecule has 9 aliphatic rings. The molecular formula is C52H69N5O7S2. The predicted octanol–water partition coefficient (Wildman–Crippen LogP) is 5.26. The number of nitrogens with zero attached hydrogens (tertiary/aromatic N) is 1. The molecular weight excluding hydrogens is 871 g/mol. The number of phenols is 1. The van der Waals surface area contributed by atoms with Gasteiger partial charge in [0.25, 0.3) is 0 Å². The number of aromatic hydroxyl groups is 1. The highest BCUT2D eigenvalue weighted by Gasteiger charge is 2.55. The third-order valence-corrected chi connectivity index (χ3v) is 19.8. The number of aliphatic hydroxyl groups excluding tert-OH is 3. The molecule has 0 unspecified atom stereocenters. The molecule has 9 N–H and O–H groups in total. The highest BCUT2D eigenvalue weighted by Crippen LogP contribution is 2.60. The summed E-state index contributed by atoms with van der Waals surface area (Å²) in [6.45, 7) is 3.20. The van der Waals surface area contributed by atoms with Crippen LogP contribution < -0.4 is 26.4 Å². The number of hydrogen-bond acceptors (Lipinski definition) is 14. The lowest BCUT2D eigenvalue weighted by atomic mass is 9.56. The molecule has 10 rings (SSSR count). The first-order valence-corrected chi connectivity index (χ1v) is 27.1. The number of aliphatic hydroxyl groups is 3. The summed E-state index contributed by atoms with van der Waals surface area (Å²) in [5.41, 5.74) is 6.91. The van der Waals surface area contributed by atoms with E-state index in [9.17, 15) is 25.2 Å². The third-order valence-electron chi connectivity index (χ3n) is 17.0. The zero-order chi connectivity index (χ0) is 45.7. The van der Waals surface area contributed by atoms with Crippen molar-refractivity contribution in [3.8, 4) is 35.2 Å². The number of nitrogens with one attached hydrogen (secondary N) is 3. The minimum atomic E-state index is -1.08. The summed E-state index contributed by atoms with van der Waals surface area (Å²) in [5.74, 6) is 16.2. The summed E-state index contributed by atoms with van der Waals surface area (Å²) < 4.78 is 13.0. The molecule has 4 spiro atoms. The van der Waals surface area contributed by atoms with Crippen molar-refractivity contribution in [3.63, 3.8) is 0 Å². The van der Waals surface area contributed by atoms with Crippen LogP contribution in [-0.4, -0.2) is 105 Å². The van der Waals surface area contributed by atoms with Crippen molar-refractivity contribution in [2.45, 2.75) is 157 Å². The fourth-order valence-electron chi connectivity index (χ4n) is 14.1. The number of esters is 1. The van der Waals surface area contributed by atoms with Gasteiger partial charge in [0.2, 0.25) is 0 Å². The highest BCUT2D eigenvalue weighted by atomic mass is 33.1. The Morgan fingerprint density at radius 1 is 1.05 bits per heavy atom. The van der Waals surface area contributed by atoms with E-state index in [1.807, 2.05) is 39.8 Å². The number of hydrogen-bond donors (Lipinski definition) is 8. The summed E-state index contributed by atoms with van der Waals surface area (Å²) in [6.07, 6.45) is 17.4. The zero-order valence-electron chi connectivity index (χ0n) is 38.3. The minimum Gasteiger partial charge on any atom is -0.504 e. The molecule has 12 nitrogen and oxygen atoms in total. The lowest BCUT2D eigenvalue weighted by Crippen LogP contribution is -2.60. The zero-order valence-corrected chi connectivity index (χ0v) is 39.9. The van der Waals surface area contributed by atoms with E-state index in [2.05, 4.69) is 51.8 Å². The normalized spacial score (nSPS) is 42.9. The number of carbonyl (C=O) groups is 1. The summed E-state index contributed by atoms with van der Waals surface area (Å²) in [6, 6.07) is 2.82. The molecule has 356 valence electrons. The summed E-state index contributed by atoms with van der Waals surface area (Å²) in [5, 5.41) is 58.2. The molecule has 3 fully saturated rings. The number of rotatable bonds is 2. The summed E-state index contributed by atoms with van der Waals surface area (Å²) in [7, 11) is 3.73. The molecule has 0 radical (unpaired) electrons. The third kappa shape index (κ3) is 9.39. The van der Waals surface area contributed by atoms with Gasteiger partial charge in [0.1, 0.15) is 12.2 Å². The maximum atomic E-state index is 13.1. The van der Waals surface area contributed by atoms with Gasteiger partial charge in [-0.3, -0.25) is 4.79 Å². The molecule has 0 amide bonds. The van der Waals surface area contributed by atoms with Crippen molar-refractivity contribution in [2.75, 3.05) is 25.4 Å². The van der Waals surface area contributed by atoms with E-state index >= 15 is 0 Å². The van der Waals surface area contributed by atoms with Gasteiger partial charge in [-0.05, 0) is 124 Å². The van der Waals surface area contributed by atoms with Crippen molar-refractivity contribution in [1.82, 2.24) is 16.0 Å². The van der Waals surface area contributed by atoms with Gasteiger partial charge in [-0.2, -0.15) is 0 Å². The van der Waals surface area contributed by atoms with Crippen LogP contribution in [0, 0.1) is 64.1 Å². The first-order chi connectivity index (χ1) is 31.8. The van der Waals surface area contributed by atoms with Crippen molar-refractivity contribution in [2.24, 2.45) is 51.1 Å². The van der Waals surface area contributed by atoms with Crippen LogP contribution in [0.15, 0.2) is 41.4 Å². The maximum Gasteiger partial charge on any atom is 0.302 e. The van der Waals surface area contributed by atoms with Gasteiger partial charge in [-0.15, -0.1) is 0 Å². The number of nitrogens with two attached hydrogens (primary N) is 1. The van der Waals surface area contributed by atoms with Gasteiger partial charge in [-0.1, -0.05) is 76.0 Å². The second kappa shape index (κ2) is 18.9. The van der Waals surface area contributed by atoms with E-state index in [0.29, 0.717) is 87.1 Å². The quantitative estimate of drug-likeness (QED) is 0.0831. The molecule has 1 saturated heterocycles. The van der Waals surface area contributed by atoms with Crippen LogP contribution >= 0.6 is 21.6 Å². The van der Waals surface area contributed by atoms with Crippen LogP contribution in [0.2, 0.25) is 0 Å². The van der Waals surface area contributed by atoms with E-state index in [-0.39, 0.29) is 52.5 Å². The largest absolute Gasteiger partial charge is 0.504 e. The van der Waals surface area contributed by atoms with E-state index in [1.54, 1.807) is 6.07 Å². The molecule has 4 aliphatic heterocycles. The second-order valence-electron chi connectivity index (χ2n) is 21.6. The number of aliphatic imine (C=N–C) groups is 1. The van der Waals surface area contributed by atoms with Crippen molar-refractivity contribution >= 4 is 33.5 Å². The molecule has 4 heterocycles. The smallest absolute Gasteiger partial charge is 0.302 e.